The number of aryl methyl sites for hydroxylation is 1. The van der Waals surface area contributed by atoms with E-state index in [0.717, 1.165) is 27.6 Å². The minimum Gasteiger partial charge on any atom is -0.330 e. The van der Waals surface area contributed by atoms with Gasteiger partial charge in [-0.3, -0.25) is 9.78 Å². The van der Waals surface area contributed by atoms with E-state index in [1.165, 1.54) is 0 Å². The summed E-state index contributed by atoms with van der Waals surface area (Å²) in [6.07, 6.45) is 3.46. The van der Waals surface area contributed by atoms with Crippen molar-refractivity contribution in [3.05, 3.63) is 100 Å². The van der Waals surface area contributed by atoms with Gasteiger partial charge in [0.15, 0.2) is 5.65 Å². The molecule has 0 saturated heterocycles. The summed E-state index contributed by atoms with van der Waals surface area (Å²) in [6, 6.07) is 19.0. The van der Waals surface area contributed by atoms with Gasteiger partial charge in [0.05, 0.1) is 22.6 Å². The molecule has 0 radical (unpaired) electrons. The zero-order chi connectivity index (χ0) is 22.1. The van der Waals surface area contributed by atoms with E-state index in [1.54, 1.807) is 40.0 Å². The van der Waals surface area contributed by atoms with Crippen molar-refractivity contribution in [2.24, 2.45) is 0 Å². The van der Waals surface area contributed by atoms with Crippen LogP contribution in [0.4, 0.5) is 0 Å². The topological polar surface area (TPSA) is 76.3 Å². The fraction of sp³-hybridized carbons (Fsp3) is 0.125. The predicted molar refractivity (Wildman–Crippen MR) is 122 cm³/mol. The number of halogens is 1. The minimum atomic E-state index is -0.172. The molecule has 0 aliphatic carbocycles. The normalized spacial score (nSPS) is 11.2. The molecule has 0 atom stereocenters. The van der Waals surface area contributed by atoms with Crippen LogP contribution >= 0.6 is 11.6 Å². The highest BCUT2D eigenvalue weighted by Crippen LogP contribution is 2.25. The number of hydrogen-bond acceptors (Lipinski definition) is 5. The Kier molecular flexibility index (Phi) is 5.25. The molecule has 3 heterocycles. The summed E-state index contributed by atoms with van der Waals surface area (Å²) < 4.78 is 1.74. The summed E-state index contributed by atoms with van der Waals surface area (Å²) in [5.41, 5.74) is 4.86. The van der Waals surface area contributed by atoms with Gasteiger partial charge in [-0.15, -0.1) is 5.10 Å². The third-order valence-electron chi connectivity index (χ3n) is 5.42. The zero-order valence-corrected chi connectivity index (χ0v) is 18.1. The number of nitrogens with zero attached hydrogens (tertiary/aromatic N) is 6. The van der Waals surface area contributed by atoms with E-state index >= 15 is 0 Å². The lowest BCUT2D eigenvalue weighted by Gasteiger charge is -2.24. The average molecular weight is 443 g/mol. The zero-order valence-electron chi connectivity index (χ0n) is 17.3. The van der Waals surface area contributed by atoms with E-state index in [-0.39, 0.29) is 5.91 Å². The molecule has 3 aromatic heterocycles. The molecule has 2 aromatic carbocycles. The van der Waals surface area contributed by atoms with Gasteiger partial charge in [-0.2, -0.15) is 4.52 Å². The van der Waals surface area contributed by atoms with Gasteiger partial charge >= 0.3 is 0 Å². The lowest BCUT2D eigenvalue weighted by Crippen LogP contribution is -2.30. The number of carbonyl (C=O) groups excluding carboxylic acids is 1. The quantitative estimate of drug-likeness (QED) is 0.401. The first-order valence-electron chi connectivity index (χ1n) is 10.1. The predicted octanol–water partition coefficient (Wildman–Crippen LogP) is 4.48. The van der Waals surface area contributed by atoms with Crippen LogP contribution in [0.3, 0.4) is 0 Å². The molecule has 5 aromatic rings. The molecular formula is C24H19ClN6O. The van der Waals surface area contributed by atoms with Gasteiger partial charge < -0.3 is 4.90 Å². The lowest BCUT2D eigenvalue weighted by atomic mass is 10.1. The minimum absolute atomic E-state index is 0.172. The first kappa shape index (κ1) is 20.1. The highest BCUT2D eigenvalue weighted by atomic mass is 35.5. The SMILES string of the molecule is Cc1cccc2cc(CN(Cc3cccnc3)C(=O)c3ccccc3Cl)c3nnnn3c12. The first-order chi connectivity index (χ1) is 15.6. The molecule has 0 bridgehead atoms. The van der Waals surface area contributed by atoms with Crippen molar-refractivity contribution in [1.82, 2.24) is 29.9 Å². The lowest BCUT2D eigenvalue weighted by molar-refractivity contribution is 0.0730. The largest absolute Gasteiger partial charge is 0.330 e. The number of amides is 1. The molecule has 0 fully saturated rings. The molecule has 8 heteroatoms. The maximum Gasteiger partial charge on any atom is 0.255 e. The number of carbonyl (C=O) groups is 1. The Bertz CT molecular complexity index is 1430. The summed E-state index contributed by atoms with van der Waals surface area (Å²) >= 11 is 6.35. The van der Waals surface area contributed by atoms with Gasteiger partial charge in [0.1, 0.15) is 0 Å². The molecule has 32 heavy (non-hydrogen) atoms. The maximum atomic E-state index is 13.5. The molecule has 0 unspecified atom stereocenters. The van der Waals surface area contributed by atoms with Crippen molar-refractivity contribution < 1.29 is 4.79 Å². The molecule has 158 valence electrons. The van der Waals surface area contributed by atoms with Crippen LogP contribution in [-0.2, 0) is 13.1 Å². The Hall–Kier alpha value is -3.84. The van der Waals surface area contributed by atoms with Gasteiger partial charge in [-0.05, 0) is 52.7 Å². The molecule has 0 aliphatic rings. The number of pyridine rings is 2. The summed E-state index contributed by atoms with van der Waals surface area (Å²) in [5, 5.41) is 13.8. The molecule has 0 N–H and O–H groups in total. The number of benzene rings is 2. The smallest absolute Gasteiger partial charge is 0.255 e. The Balaban J connectivity index is 1.61. The van der Waals surface area contributed by atoms with Crippen molar-refractivity contribution in [3.63, 3.8) is 0 Å². The Morgan fingerprint density at radius 3 is 2.75 bits per heavy atom. The Labute approximate surface area is 189 Å². The van der Waals surface area contributed by atoms with Crippen molar-refractivity contribution >= 4 is 34.1 Å². The number of aromatic nitrogens is 5. The van der Waals surface area contributed by atoms with Crippen molar-refractivity contribution in [2.45, 2.75) is 20.0 Å². The molecule has 1 amide bonds. The van der Waals surface area contributed by atoms with Crippen LogP contribution in [0.2, 0.25) is 5.02 Å². The maximum absolute atomic E-state index is 13.5. The number of rotatable bonds is 5. The second-order valence-electron chi connectivity index (χ2n) is 7.60. The van der Waals surface area contributed by atoms with E-state index in [0.29, 0.717) is 29.3 Å². The van der Waals surface area contributed by atoms with Crippen LogP contribution in [-0.4, -0.2) is 35.8 Å². The third kappa shape index (κ3) is 3.67. The van der Waals surface area contributed by atoms with E-state index in [9.17, 15) is 4.79 Å². The Morgan fingerprint density at radius 2 is 1.94 bits per heavy atom. The van der Waals surface area contributed by atoms with Crippen molar-refractivity contribution in [2.75, 3.05) is 0 Å². The number of fused-ring (bicyclic) bond motifs is 3. The van der Waals surface area contributed by atoms with Crippen LogP contribution in [0.15, 0.2) is 73.1 Å². The van der Waals surface area contributed by atoms with Gasteiger partial charge in [-0.25, -0.2) is 0 Å². The molecular weight excluding hydrogens is 424 g/mol. The fourth-order valence-electron chi connectivity index (χ4n) is 3.92. The van der Waals surface area contributed by atoms with E-state index < -0.39 is 0 Å². The second kappa shape index (κ2) is 8.36. The van der Waals surface area contributed by atoms with Crippen LogP contribution in [0.25, 0.3) is 16.6 Å². The van der Waals surface area contributed by atoms with Crippen molar-refractivity contribution in [1.29, 1.82) is 0 Å². The molecule has 0 saturated carbocycles. The standard InChI is InChI=1S/C24H19ClN6O/c1-16-6-4-8-18-12-19(23-27-28-29-31(23)22(16)18)15-30(14-17-7-5-11-26-13-17)24(32)20-9-2-3-10-21(20)25/h2-13H,14-15H2,1H3. The van der Waals surface area contributed by atoms with Gasteiger partial charge in [-0.1, -0.05) is 48.0 Å². The van der Waals surface area contributed by atoms with Crippen LogP contribution in [0.1, 0.15) is 27.0 Å². The van der Waals surface area contributed by atoms with Crippen LogP contribution < -0.4 is 0 Å². The number of hydrogen-bond donors (Lipinski definition) is 0. The summed E-state index contributed by atoms with van der Waals surface area (Å²) in [7, 11) is 0. The van der Waals surface area contributed by atoms with E-state index in [1.807, 2.05) is 49.4 Å². The van der Waals surface area contributed by atoms with Gasteiger partial charge in [0, 0.05) is 29.9 Å². The van der Waals surface area contributed by atoms with Crippen molar-refractivity contribution in [3.8, 4) is 0 Å². The van der Waals surface area contributed by atoms with Crippen LogP contribution in [0, 0.1) is 6.92 Å². The average Bonchev–Trinajstić information content (AvgIpc) is 3.29. The summed E-state index contributed by atoms with van der Waals surface area (Å²) in [5.74, 6) is -0.172. The molecule has 0 spiro atoms. The second-order valence-corrected chi connectivity index (χ2v) is 8.01. The van der Waals surface area contributed by atoms with Crippen LogP contribution in [0.5, 0.6) is 0 Å². The summed E-state index contributed by atoms with van der Waals surface area (Å²) in [6.45, 7) is 2.71. The molecule has 0 aliphatic heterocycles. The van der Waals surface area contributed by atoms with E-state index in [2.05, 4.69) is 20.5 Å². The van der Waals surface area contributed by atoms with Gasteiger partial charge in [0.25, 0.3) is 5.91 Å². The van der Waals surface area contributed by atoms with E-state index in [4.69, 9.17) is 11.6 Å². The van der Waals surface area contributed by atoms with Gasteiger partial charge in [0.2, 0.25) is 0 Å². The Morgan fingerprint density at radius 1 is 1.06 bits per heavy atom. The summed E-state index contributed by atoms with van der Waals surface area (Å²) in [4.78, 5) is 19.5. The molecule has 7 nitrogen and oxygen atoms in total. The number of tetrazole rings is 1. The third-order valence-corrected chi connectivity index (χ3v) is 5.75. The highest BCUT2D eigenvalue weighted by molar-refractivity contribution is 6.33. The first-order valence-corrected chi connectivity index (χ1v) is 10.5. The number of para-hydroxylation sites is 1. The monoisotopic (exact) mass is 442 g/mol. The fourth-order valence-corrected chi connectivity index (χ4v) is 4.13. The molecule has 5 rings (SSSR count). The highest BCUT2D eigenvalue weighted by Gasteiger charge is 2.22.